The van der Waals surface area contributed by atoms with Gasteiger partial charge in [0.1, 0.15) is 0 Å². The van der Waals surface area contributed by atoms with E-state index in [1.807, 2.05) is 12.1 Å². The van der Waals surface area contributed by atoms with E-state index in [1.165, 1.54) is 11.1 Å². The molecule has 2 rings (SSSR count). The van der Waals surface area contributed by atoms with Crippen molar-refractivity contribution in [3.63, 3.8) is 0 Å². The first-order chi connectivity index (χ1) is 6.31. The number of nitrogens with one attached hydrogen (secondary N) is 1. The van der Waals surface area contributed by atoms with Crippen molar-refractivity contribution in [3.8, 4) is 0 Å². The van der Waals surface area contributed by atoms with Crippen LogP contribution in [0.4, 0.5) is 0 Å². The highest BCUT2D eigenvalue weighted by Gasteiger charge is 2.17. The van der Waals surface area contributed by atoms with Gasteiger partial charge in [-0.05, 0) is 23.3 Å². The molecule has 0 saturated carbocycles. The second kappa shape index (κ2) is 3.66. The van der Waals surface area contributed by atoms with Gasteiger partial charge < -0.3 is 11.1 Å². The average molecular weight is 197 g/mol. The predicted molar refractivity (Wildman–Crippen MR) is 55.0 cm³/mol. The molecule has 70 valence electrons. The minimum Gasteiger partial charge on any atom is -0.330 e. The molecule has 0 bridgehead atoms. The lowest BCUT2D eigenvalue weighted by atomic mass is 9.91. The number of halogens is 1. The number of hydrogen-bond acceptors (Lipinski definition) is 2. The Kier molecular flexibility index (Phi) is 2.54. The van der Waals surface area contributed by atoms with E-state index in [4.69, 9.17) is 17.3 Å². The van der Waals surface area contributed by atoms with Gasteiger partial charge in [-0.2, -0.15) is 0 Å². The summed E-state index contributed by atoms with van der Waals surface area (Å²) in [5.74, 6) is 0.445. The maximum absolute atomic E-state index is 5.91. The number of benzene rings is 1. The largest absolute Gasteiger partial charge is 0.330 e. The average Bonchev–Trinajstić information content (AvgIpc) is 2.16. The first kappa shape index (κ1) is 9.00. The third-order valence-corrected chi connectivity index (χ3v) is 2.77. The van der Waals surface area contributed by atoms with Crippen LogP contribution in [-0.4, -0.2) is 13.1 Å². The first-order valence-electron chi connectivity index (χ1n) is 4.50. The number of rotatable bonds is 1. The third kappa shape index (κ3) is 1.70. The van der Waals surface area contributed by atoms with E-state index in [2.05, 4.69) is 11.4 Å². The number of hydrogen-bond donors (Lipinski definition) is 2. The van der Waals surface area contributed by atoms with Crippen LogP contribution in [0.15, 0.2) is 18.2 Å². The quantitative estimate of drug-likeness (QED) is 0.714. The summed E-state index contributed by atoms with van der Waals surface area (Å²) in [5, 5.41) is 4.13. The second-order valence-electron chi connectivity index (χ2n) is 3.41. The Hall–Kier alpha value is -0.570. The summed E-state index contributed by atoms with van der Waals surface area (Å²) in [6, 6.07) is 6.05. The van der Waals surface area contributed by atoms with Crippen molar-refractivity contribution in [3.05, 3.63) is 34.3 Å². The van der Waals surface area contributed by atoms with E-state index in [-0.39, 0.29) is 0 Å². The summed E-state index contributed by atoms with van der Waals surface area (Å²) < 4.78 is 0. The van der Waals surface area contributed by atoms with Crippen LogP contribution in [0.5, 0.6) is 0 Å². The number of nitrogens with two attached hydrogens (primary N) is 1. The normalized spacial score (nSPS) is 21.2. The minimum atomic E-state index is 0.445. The van der Waals surface area contributed by atoms with Crippen molar-refractivity contribution < 1.29 is 0 Å². The Balaban J connectivity index is 2.40. The van der Waals surface area contributed by atoms with Crippen molar-refractivity contribution in [1.29, 1.82) is 0 Å². The maximum atomic E-state index is 5.91. The van der Waals surface area contributed by atoms with Gasteiger partial charge in [0.05, 0.1) is 0 Å². The Morgan fingerprint density at radius 3 is 3.15 bits per heavy atom. The van der Waals surface area contributed by atoms with E-state index in [9.17, 15) is 0 Å². The fourth-order valence-electron chi connectivity index (χ4n) is 1.83. The van der Waals surface area contributed by atoms with Crippen LogP contribution in [0.3, 0.4) is 0 Å². The van der Waals surface area contributed by atoms with Gasteiger partial charge >= 0.3 is 0 Å². The van der Waals surface area contributed by atoms with E-state index in [0.717, 1.165) is 18.1 Å². The smallest absolute Gasteiger partial charge is 0.0409 e. The van der Waals surface area contributed by atoms with E-state index in [0.29, 0.717) is 12.5 Å². The van der Waals surface area contributed by atoms with E-state index >= 15 is 0 Å². The highest BCUT2D eigenvalue weighted by molar-refractivity contribution is 6.30. The summed E-state index contributed by atoms with van der Waals surface area (Å²) in [7, 11) is 0. The predicted octanol–water partition coefficient (Wildman–Crippen LogP) is 1.49. The van der Waals surface area contributed by atoms with Crippen molar-refractivity contribution in [2.45, 2.75) is 12.5 Å². The molecule has 1 unspecified atom stereocenters. The molecule has 0 aromatic heterocycles. The molecule has 3 heteroatoms. The first-order valence-corrected chi connectivity index (χ1v) is 4.88. The van der Waals surface area contributed by atoms with Gasteiger partial charge in [-0.25, -0.2) is 0 Å². The lowest BCUT2D eigenvalue weighted by Crippen LogP contribution is -2.32. The standard InChI is InChI=1S/C10H13ClN2/c11-9-1-2-10-7(3-9)5-13-6-8(10)4-12/h1-3,8,13H,4-6,12H2. The SMILES string of the molecule is NCC1CNCc2cc(Cl)ccc21. The zero-order valence-electron chi connectivity index (χ0n) is 7.39. The van der Waals surface area contributed by atoms with Crippen LogP contribution in [-0.2, 0) is 6.54 Å². The van der Waals surface area contributed by atoms with Gasteiger partial charge in [0.2, 0.25) is 0 Å². The molecule has 2 nitrogen and oxygen atoms in total. The molecule has 1 aliphatic rings. The van der Waals surface area contributed by atoms with Crippen LogP contribution in [0, 0.1) is 0 Å². The number of fused-ring (bicyclic) bond motifs is 1. The van der Waals surface area contributed by atoms with Crippen LogP contribution >= 0.6 is 11.6 Å². The molecule has 1 aliphatic heterocycles. The van der Waals surface area contributed by atoms with Crippen molar-refractivity contribution in [1.82, 2.24) is 5.32 Å². The topological polar surface area (TPSA) is 38.0 Å². The molecular formula is C10H13ClN2. The molecule has 1 aromatic carbocycles. The Morgan fingerprint density at radius 2 is 2.38 bits per heavy atom. The lowest BCUT2D eigenvalue weighted by Gasteiger charge is -2.25. The second-order valence-corrected chi connectivity index (χ2v) is 3.84. The molecule has 1 atom stereocenters. The molecule has 0 amide bonds. The highest BCUT2D eigenvalue weighted by Crippen LogP contribution is 2.25. The Morgan fingerprint density at radius 1 is 1.54 bits per heavy atom. The van der Waals surface area contributed by atoms with Crippen molar-refractivity contribution in [2.75, 3.05) is 13.1 Å². The van der Waals surface area contributed by atoms with Crippen molar-refractivity contribution >= 4 is 11.6 Å². The van der Waals surface area contributed by atoms with Gasteiger partial charge in [-0.15, -0.1) is 0 Å². The molecule has 0 aliphatic carbocycles. The molecule has 3 N–H and O–H groups in total. The Bertz CT molecular complexity index is 312. The third-order valence-electron chi connectivity index (χ3n) is 2.54. The van der Waals surface area contributed by atoms with Crippen LogP contribution in [0.2, 0.25) is 5.02 Å². The zero-order chi connectivity index (χ0) is 9.26. The van der Waals surface area contributed by atoms with Crippen LogP contribution < -0.4 is 11.1 Å². The van der Waals surface area contributed by atoms with Crippen LogP contribution in [0.25, 0.3) is 0 Å². The van der Waals surface area contributed by atoms with Crippen LogP contribution in [0.1, 0.15) is 17.0 Å². The highest BCUT2D eigenvalue weighted by atomic mass is 35.5. The van der Waals surface area contributed by atoms with Gasteiger partial charge in [0, 0.05) is 30.6 Å². The van der Waals surface area contributed by atoms with E-state index < -0.39 is 0 Å². The zero-order valence-corrected chi connectivity index (χ0v) is 8.14. The van der Waals surface area contributed by atoms with Gasteiger partial charge in [0.15, 0.2) is 0 Å². The fraction of sp³-hybridized carbons (Fsp3) is 0.400. The summed E-state index contributed by atoms with van der Waals surface area (Å²) in [6.45, 7) is 2.58. The fourth-order valence-corrected chi connectivity index (χ4v) is 2.02. The molecule has 0 radical (unpaired) electrons. The van der Waals surface area contributed by atoms with Gasteiger partial charge in [-0.1, -0.05) is 17.7 Å². The summed E-state index contributed by atoms with van der Waals surface area (Å²) in [5.41, 5.74) is 8.32. The molecule has 1 heterocycles. The van der Waals surface area contributed by atoms with E-state index in [1.54, 1.807) is 0 Å². The molecule has 0 saturated heterocycles. The molecule has 1 aromatic rings. The van der Waals surface area contributed by atoms with Gasteiger partial charge in [-0.3, -0.25) is 0 Å². The Labute approximate surface area is 83.1 Å². The van der Waals surface area contributed by atoms with Gasteiger partial charge in [0.25, 0.3) is 0 Å². The lowest BCUT2D eigenvalue weighted by molar-refractivity contribution is 0.547. The summed E-state index contributed by atoms with van der Waals surface area (Å²) in [4.78, 5) is 0. The summed E-state index contributed by atoms with van der Waals surface area (Å²) in [6.07, 6.45) is 0. The summed E-state index contributed by atoms with van der Waals surface area (Å²) >= 11 is 5.91. The molecule has 0 fully saturated rings. The maximum Gasteiger partial charge on any atom is 0.0409 e. The van der Waals surface area contributed by atoms with Crippen molar-refractivity contribution in [2.24, 2.45) is 5.73 Å². The molecule has 0 spiro atoms. The monoisotopic (exact) mass is 196 g/mol. The molecular weight excluding hydrogens is 184 g/mol. The molecule has 13 heavy (non-hydrogen) atoms. The minimum absolute atomic E-state index is 0.445.